The van der Waals surface area contributed by atoms with Gasteiger partial charge in [-0.25, -0.2) is 8.78 Å². The number of H-pyrrole nitrogens is 1. The maximum Gasteiger partial charge on any atom is 0.573 e. The maximum absolute atomic E-state index is 12.4. The van der Waals surface area contributed by atoms with Crippen LogP contribution in [0.4, 0.5) is 22.0 Å². The van der Waals surface area contributed by atoms with E-state index in [9.17, 15) is 26.7 Å². The van der Waals surface area contributed by atoms with Crippen molar-refractivity contribution in [2.24, 2.45) is 0 Å². The van der Waals surface area contributed by atoms with Gasteiger partial charge in [0.15, 0.2) is 5.75 Å². The fourth-order valence-electron chi connectivity index (χ4n) is 1.09. The number of nitrogens with one attached hydrogen (secondary N) is 1. The fraction of sp³-hybridized carbons (Fsp3) is 0.375. The second kappa shape index (κ2) is 5.03. The van der Waals surface area contributed by atoms with E-state index in [4.69, 9.17) is 0 Å². The van der Waals surface area contributed by atoms with Crippen molar-refractivity contribution in [2.45, 2.75) is 18.1 Å². The average molecular weight is 322 g/mol. The van der Waals surface area contributed by atoms with Crippen LogP contribution < -0.4 is 10.2 Å². The summed E-state index contributed by atoms with van der Waals surface area (Å²) in [5.41, 5.74) is -2.46. The quantitative estimate of drug-likeness (QED) is 0.686. The predicted octanol–water partition coefficient (Wildman–Crippen LogP) is 3.11. The summed E-state index contributed by atoms with van der Waals surface area (Å²) in [4.78, 5) is 13.3. The molecule has 0 saturated heterocycles. The summed E-state index contributed by atoms with van der Waals surface area (Å²) in [6, 6.07) is 0. The Hall–Kier alpha value is -1.12. The number of hydrogen-bond acceptors (Lipinski definition) is 2. The van der Waals surface area contributed by atoms with Crippen molar-refractivity contribution < 1.29 is 26.7 Å². The molecule has 0 amide bonds. The molecule has 1 aromatic heterocycles. The Kier molecular flexibility index (Phi) is 4.12. The number of hydrogen-bond donors (Lipinski definition) is 1. The van der Waals surface area contributed by atoms with E-state index in [0.29, 0.717) is 6.20 Å². The smallest absolute Gasteiger partial charge is 0.400 e. The zero-order valence-corrected chi connectivity index (χ0v) is 9.53. The molecule has 96 valence electrons. The van der Waals surface area contributed by atoms with E-state index in [1.165, 1.54) is 0 Å². The summed E-state index contributed by atoms with van der Waals surface area (Å²) in [6.07, 6.45) is -7.58. The molecular weight excluding hydrogens is 317 g/mol. The molecule has 1 heterocycles. The van der Waals surface area contributed by atoms with Gasteiger partial charge >= 0.3 is 6.36 Å². The van der Waals surface area contributed by atoms with Gasteiger partial charge in [-0.2, -0.15) is 0 Å². The van der Waals surface area contributed by atoms with Crippen LogP contribution in [-0.4, -0.2) is 11.3 Å². The third kappa shape index (κ3) is 3.42. The van der Waals surface area contributed by atoms with E-state index >= 15 is 0 Å². The second-order valence-corrected chi connectivity index (χ2v) is 3.42. The van der Waals surface area contributed by atoms with Gasteiger partial charge in [0.25, 0.3) is 6.43 Å². The minimum absolute atomic E-state index is 0.308. The van der Waals surface area contributed by atoms with Crippen molar-refractivity contribution in [2.75, 3.05) is 0 Å². The van der Waals surface area contributed by atoms with Gasteiger partial charge in [0, 0.05) is 17.1 Å². The van der Waals surface area contributed by atoms with Gasteiger partial charge in [-0.1, -0.05) is 15.9 Å². The van der Waals surface area contributed by atoms with Crippen LogP contribution >= 0.6 is 15.9 Å². The predicted molar refractivity (Wildman–Crippen MR) is 51.3 cm³/mol. The summed E-state index contributed by atoms with van der Waals surface area (Å²) in [7, 11) is 0. The standard InChI is InChI=1S/C8H5BrF5NO2/c9-1-3-5(7(10)11)15-2-4(6(3)16)17-8(12,13)14/h2,7H,1H2,(H,15,16). The molecule has 0 bridgehead atoms. The number of pyridine rings is 1. The molecule has 0 aliphatic heterocycles. The lowest BCUT2D eigenvalue weighted by Gasteiger charge is -2.11. The zero-order valence-electron chi connectivity index (χ0n) is 7.95. The molecule has 0 atom stereocenters. The van der Waals surface area contributed by atoms with Crippen LogP contribution in [0.5, 0.6) is 5.75 Å². The molecule has 0 radical (unpaired) electrons. The summed E-state index contributed by atoms with van der Waals surface area (Å²) in [6.45, 7) is 0. The third-order valence-corrected chi connectivity index (χ3v) is 2.32. The molecule has 0 aliphatic rings. The highest BCUT2D eigenvalue weighted by molar-refractivity contribution is 9.08. The van der Waals surface area contributed by atoms with Crippen molar-refractivity contribution in [1.29, 1.82) is 0 Å². The Morgan fingerprint density at radius 3 is 2.41 bits per heavy atom. The highest BCUT2D eigenvalue weighted by Crippen LogP contribution is 2.24. The molecule has 0 fully saturated rings. The first-order valence-corrected chi connectivity index (χ1v) is 5.22. The van der Waals surface area contributed by atoms with Crippen molar-refractivity contribution >= 4 is 15.9 Å². The van der Waals surface area contributed by atoms with E-state index in [2.05, 4.69) is 20.7 Å². The molecule has 0 spiro atoms. The van der Waals surface area contributed by atoms with Crippen LogP contribution in [0.25, 0.3) is 0 Å². The summed E-state index contributed by atoms with van der Waals surface area (Å²) >= 11 is 2.75. The number of alkyl halides is 6. The maximum atomic E-state index is 12.4. The Balaban J connectivity index is 3.26. The van der Waals surface area contributed by atoms with Crippen molar-refractivity contribution in [1.82, 2.24) is 4.98 Å². The van der Waals surface area contributed by atoms with Gasteiger partial charge in [-0.15, -0.1) is 13.2 Å². The van der Waals surface area contributed by atoms with E-state index in [1.807, 2.05) is 4.98 Å². The topological polar surface area (TPSA) is 42.1 Å². The summed E-state index contributed by atoms with van der Waals surface area (Å²) in [5.74, 6) is -1.07. The molecule has 17 heavy (non-hydrogen) atoms. The van der Waals surface area contributed by atoms with E-state index in [-0.39, 0.29) is 5.33 Å². The normalized spacial score (nSPS) is 11.9. The van der Waals surface area contributed by atoms with Crippen LogP contribution in [0.15, 0.2) is 11.0 Å². The molecule has 0 aromatic carbocycles. The molecule has 0 aliphatic carbocycles. The lowest BCUT2D eigenvalue weighted by molar-refractivity contribution is -0.275. The van der Waals surface area contributed by atoms with Crippen LogP contribution in [0.1, 0.15) is 17.7 Å². The van der Waals surface area contributed by atoms with Crippen molar-refractivity contribution in [3.05, 3.63) is 27.7 Å². The van der Waals surface area contributed by atoms with Crippen LogP contribution in [0, 0.1) is 0 Å². The summed E-state index contributed by atoms with van der Waals surface area (Å²) in [5, 5.41) is -0.308. The SMILES string of the molecule is O=c1c(OC(F)(F)F)c[nH]c(C(F)F)c1CBr. The Morgan fingerprint density at radius 1 is 1.41 bits per heavy atom. The lowest BCUT2D eigenvalue weighted by Crippen LogP contribution is -2.24. The highest BCUT2D eigenvalue weighted by Gasteiger charge is 2.33. The second-order valence-electron chi connectivity index (χ2n) is 2.86. The van der Waals surface area contributed by atoms with E-state index in [1.54, 1.807) is 0 Å². The first kappa shape index (κ1) is 13.9. The first-order valence-electron chi connectivity index (χ1n) is 4.10. The van der Waals surface area contributed by atoms with E-state index < -0.39 is 35.2 Å². The number of halogens is 6. The Bertz CT molecular complexity index is 456. The van der Waals surface area contributed by atoms with Crippen molar-refractivity contribution in [3.8, 4) is 5.75 Å². The monoisotopic (exact) mass is 321 g/mol. The van der Waals surface area contributed by atoms with Gasteiger partial charge in [0.1, 0.15) is 0 Å². The van der Waals surface area contributed by atoms with Gasteiger partial charge in [0.2, 0.25) is 5.43 Å². The van der Waals surface area contributed by atoms with Gasteiger partial charge in [-0.3, -0.25) is 4.79 Å². The number of rotatable bonds is 3. The average Bonchev–Trinajstić information content (AvgIpc) is 2.18. The molecular formula is C8H5BrF5NO2. The summed E-state index contributed by atoms with van der Waals surface area (Å²) < 4.78 is 63.9. The number of aromatic amines is 1. The lowest BCUT2D eigenvalue weighted by atomic mass is 10.2. The van der Waals surface area contributed by atoms with Gasteiger partial charge < -0.3 is 9.72 Å². The Morgan fingerprint density at radius 2 is 2.00 bits per heavy atom. The fourth-order valence-corrected chi connectivity index (χ4v) is 1.65. The number of aromatic nitrogens is 1. The molecule has 1 N–H and O–H groups in total. The first-order chi connectivity index (χ1) is 7.76. The largest absolute Gasteiger partial charge is 0.573 e. The Labute approximate surface area is 99.7 Å². The van der Waals surface area contributed by atoms with Crippen LogP contribution in [0.2, 0.25) is 0 Å². The molecule has 0 saturated carbocycles. The molecule has 0 unspecified atom stereocenters. The number of ether oxygens (including phenoxy) is 1. The molecule has 1 rings (SSSR count). The molecule has 9 heteroatoms. The van der Waals surface area contributed by atoms with E-state index in [0.717, 1.165) is 0 Å². The molecule has 1 aromatic rings. The highest BCUT2D eigenvalue weighted by atomic mass is 79.9. The van der Waals surface area contributed by atoms with Gasteiger partial charge in [-0.05, 0) is 0 Å². The molecule has 3 nitrogen and oxygen atoms in total. The van der Waals surface area contributed by atoms with Crippen LogP contribution in [0.3, 0.4) is 0 Å². The minimum Gasteiger partial charge on any atom is -0.400 e. The van der Waals surface area contributed by atoms with Crippen molar-refractivity contribution in [3.63, 3.8) is 0 Å². The van der Waals surface area contributed by atoms with Crippen LogP contribution in [-0.2, 0) is 5.33 Å². The minimum atomic E-state index is -5.05. The van der Waals surface area contributed by atoms with Gasteiger partial charge in [0.05, 0.1) is 5.69 Å². The third-order valence-electron chi connectivity index (χ3n) is 1.76. The zero-order chi connectivity index (χ0) is 13.2.